The van der Waals surface area contributed by atoms with E-state index in [1.807, 2.05) is 18.2 Å². The van der Waals surface area contributed by atoms with Crippen LogP contribution in [0.1, 0.15) is 18.2 Å². The molecule has 2 aromatic rings. The Labute approximate surface area is 83.8 Å². The van der Waals surface area contributed by atoms with Crippen LogP contribution >= 0.6 is 0 Å². The van der Waals surface area contributed by atoms with Crippen LogP contribution in [0.4, 0.5) is 5.69 Å². The second-order valence-electron chi connectivity index (χ2n) is 3.47. The first-order valence-electron chi connectivity index (χ1n) is 4.87. The Balaban J connectivity index is 2.85. The zero-order valence-electron chi connectivity index (χ0n) is 8.54. The second kappa shape index (κ2) is 3.29. The van der Waals surface area contributed by atoms with Gasteiger partial charge in [0.25, 0.3) is 0 Å². The van der Waals surface area contributed by atoms with Crippen LogP contribution in [-0.4, -0.2) is 4.98 Å². The highest BCUT2D eigenvalue weighted by atomic mass is 14.8. The lowest BCUT2D eigenvalue weighted by atomic mass is 10.1. The van der Waals surface area contributed by atoms with Crippen LogP contribution in [-0.2, 0) is 6.42 Å². The molecule has 2 heteroatoms. The fraction of sp³-hybridized carbons (Fsp3) is 0.250. The predicted molar refractivity (Wildman–Crippen MR) is 60.3 cm³/mol. The zero-order chi connectivity index (χ0) is 10.1. The van der Waals surface area contributed by atoms with Gasteiger partial charge in [0.15, 0.2) is 0 Å². The molecule has 0 unspecified atom stereocenters. The molecule has 1 heterocycles. The third-order valence-electron chi connectivity index (χ3n) is 2.61. The van der Waals surface area contributed by atoms with Crippen LogP contribution in [0.2, 0.25) is 0 Å². The number of aryl methyl sites for hydroxylation is 2. The highest BCUT2D eigenvalue weighted by molar-refractivity contribution is 5.86. The van der Waals surface area contributed by atoms with E-state index < -0.39 is 0 Å². The number of hydrogen-bond donors (Lipinski definition) is 1. The first kappa shape index (κ1) is 9.00. The van der Waals surface area contributed by atoms with Gasteiger partial charge < -0.3 is 5.73 Å². The minimum absolute atomic E-state index is 0.839. The van der Waals surface area contributed by atoms with E-state index in [0.29, 0.717) is 0 Å². The van der Waals surface area contributed by atoms with Gasteiger partial charge in [-0.2, -0.15) is 0 Å². The number of aromatic nitrogens is 1. The van der Waals surface area contributed by atoms with E-state index >= 15 is 0 Å². The number of pyridine rings is 1. The molecule has 0 amide bonds. The molecule has 0 radical (unpaired) electrons. The topological polar surface area (TPSA) is 38.9 Å². The van der Waals surface area contributed by atoms with Gasteiger partial charge in [0.05, 0.1) is 16.9 Å². The quantitative estimate of drug-likeness (QED) is 0.743. The monoisotopic (exact) mass is 186 g/mol. The lowest BCUT2D eigenvalue weighted by molar-refractivity contribution is 1.06. The number of nitrogens with zero attached hydrogens (tertiary/aromatic N) is 1. The van der Waals surface area contributed by atoms with Crippen molar-refractivity contribution in [2.24, 2.45) is 0 Å². The van der Waals surface area contributed by atoms with E-state index in [1.165, 1.54) is 0 Å². The maximum Gasteiger partial charge on any atom is 0.0709 e. The fourth-order valence-corrected chi connectivity index (χ4v) is 1.72. The van der Waals surface area contributed by atoms with Gasteiger partial charge in [-0.05, 0) is 25.0 Å². The van der Waals surface area contributed by atoms with Crippen LogP contribution in [0.3, 0.4) is 0 Å². The third-order valence-corrected chi connectivity index (χ3v) is 2.61. The molecule has 0 fully saturated rings. The Hall–Kier alpha value is -1.57. The maximum atomic E-state index is 6.00. The van der Waals surface area contributed by atoms with Gasteiger partial charge in [-0.3, -0.25) is 4.98 Å². The summed E-state index contributed by atoms with van der Waals surface area (Å²) in [5, 5.41) is 1.15. The summed E-state index contributed by atoms with van der Waals surface area (Å²) in [4.78, 5) is 4.53. The number of fused-ring (bicyclic) bond motifs is 1. The van der Waals surface area contributed by atoms with Crippen molar-refractivity contribution in [1.82, 2.24) is 4.98 Å². The van der Waals surface area contributed by atoms with Crippen LogP contribution in [0, 0.1) is 6.92 Å². The molecular weight excluding hydrogens is 172 g/mol. The van der Waals surface area contributed by atoms with Crippen LogP contribution < -0.4 is 5.73 Å². The summed E-state index contributed by atoms with van der Waals surface area (Å²) >= 11 is 0. The van der Waals surface area contributed by atoms with Crippen molar-refractivity contribution < 1.29 is 0 Å². The van der Waals surface area contributed by atoms with Gasteiger partial charge in [-0.15, -0.1) is 0 Å². The predicted octanol–water partition coefficient (Wildman–Crippen LogP) is 2.69. The molecule has 0 saturated carbocycles. The number of benzene rings is 1. The van der Waals surface area contributed by atoms with Crippen molar-refractivity contribution >= 4 is 16.6 Å². The SMILES string of the molecule is CCc1nc2ccccc2c(C)c1N. The van der Waals surface area contributed by atoms with Gasteiger partial charge >= 0.3 is 0 Å². The number of nitrogens with two attached hydrogens (primary N) is 1. The van der Waals surface area contributed by atoms with E-state index in [2.05, 4.69) is 24.9 Å². The van der Waals surface area contributed by atoms with Crippen LogP contribution in [0.25, 0.3) is 10.9 Å². The molecule has 0 aliphatic heterocycles. The molecule has 0 atom stereocenters. The summed E-state index contributed by atoms with van der Waals surface area (Å²) in [5.41, 5.74) is 10.0. The van der Waals surface area contributed by atoms with Gasteiger partial charge in [-0.25, -0.2) is 0 Å². The zero-order valence-corrected chi connectivity index (χ0v) is 8.54. The minimum Gasteiger partial charge on any atom is -0.397 e. The first-order chi connectivity index (χ1) is 6.74. The smallest absolute Gasteiger partial charge is 0.0709 e. The molecule has 0 bridgehead atoms. The Morgan fingerprint density at radius 3 is 2.71 bits per heavy atom. The molecule has 1 aromatic heterocycles. The first-order valence-corrected chi connectivity index (χ1v) is 4.87. The Morgan fingerprint density at radius 2 is 2.00 bits per heavy atom. The van der Waals surface area contributed by atoms with E-state index in [9.17, 15) is 0 Å². The van der Waals surface area contributed by atoms with Gasteiger partial charge in [-0.1, -0.05) is 25.1 Å². The number of rotatable bonds is 1. The highest BCUT2D eigenvalue weighted by Gasteiger charge is 2.06. The molecule has 1 aromatic carbocycles. The van der Waals surface area contributed by atoms with Gasteiger partial charge in [0, 0.05) is 5.39 Å². The fourth-order valence-electron chi connectivity index (χ4n) is 1.72. The summed E-state index contributed by atoms with van der Waals surface area (Å²) in [6.45, 7) is 4.13. The molecule has 72 valence electrons. The average Bonchev–Trinajstić information content (AvgIpc) is 2.23. The van der Waals surface area contributed by atoms with Crippen molar-refractivity contribution in [3.63, 3.8) is 0 Å². The Bertz CT molecular complexity index is 475. The standard InChI is InChI=1S/C12H14N2/c1-3-10-12(13)8(2)9-6-4-5-7-11(9)14-10/h4-7H,3,13H2,1-2H3. The third kappa shape index (κ3) is 1.23. The molecule has 0 saturated heterocycles. The van der Waals surface area contributed by atoms with Crippen molar-refractivity contribution in [3.05, 3.63) is 35.5 Å². The van der Waals surface area contributed by atoms with E-state index in [-0.39, 0.29) is 0 Å². The second-order valence-corrected chi connectivity index (χ2v) is 3.47. The van der Waals surface area contributed by atoms with Crippen LogP contribution in [0.15, 0.2) is 24.3 Å². The summed E-state index contributed by atoms with van der Waals surface area (Å²) in [7, 11) is 0. The molecule has 2 rings (SSSR count). The van der Waals surface area contributed by atoms with Crippen molar-refractivity contribution in [3.8, 4) is 0 Å². The maximum absolute atomic E-state index is 6.00. The lowest BCUT2D eigenvalue weighted by Crippen LogP contribution is -2.00. The Morgan fingerprint density at radius 1 is 1.29 bits per heavy atom. The number of hydrogen-bond acceptors (Lipinski definition) is 2. The minimum atomic E-state index is 0.839. The summed E-state index contributed by atoms with van der Waals surface area (Å²) in [6.07, 6.45) is 0.886. The molecule has 0 aliphatic carbocycles. The molecule has 0 spiro atoms. The number of anilines is 1. The van der Waals surface area contributed by atoms with E-state index in [0.717, 1.165) is 34.3 Å². The van der Waals surface area contributed by atoms with E-state index in [1.54, 1.807) is 0 Å². The molecule has 2 N–H and O–H groups in total. The normalized spacial score (nSPS) is 10.7. The van der Waals surface area contributed by atoms with Crippen LogP contribution in [0.5, 0.6) is 0 Å². The van der Waals surface area contributed by atoms with Gasteiger partial charge in [0.2, 0.25) is 0 Å². The number of para-hydroxylation sites is 1. The lowest BCUT2D eigenvalue weighted by Gasteiger charge is -2.09. The summed E-state index contributed by atoms with van der Waals surface area (Å²) in [6, 6.07) is 8.11. The van der Waals surface area contributed by atoms with Crippen molar-refractivity contribution in [1.29, 1.82) is 0 Å². The molecule has 2 nitrogen and oxygen atoms in total. The van der Waals surface area contributed by atoms with Crippen molar-refractivity contribution in [2.45, 2.75) is 20.3 Å². The largest absolute Gasteiger partial charge is 0.397 e. The molecular formula is C12H14N2. The summed E-state index contributed by atoms with van der Waals surface area (Å²) < 4.78 is 0. The average molecular weight is 186 g/mol. The van der Waals surface area contributed by atoms with Gasteiger partial charge in [0.1, 0.15) is 0 Å². The Kier molecular flexibility index (Phi) is 2.12. The van der Waals surface area contributed by atoms with Crippen molar-refractivity contribution in [2.75, 3.05) is 5.73 Å². The highest BCUT2D eigenvalue weighted by Crippen LogP contribution is 2.24. The number of nitrogen functional groups attached to an aromatic ring is 1. The summed E-state index contributed by atoms with van der Waals surface area (Å²) in [5.74, 6) is 0. The van der Waals surface area contributed by atoms with E-state index in [4.69, 9.17) is 5.73 Å². The molecule has 0 aliphatic rings. The molecule has 14 heavy (non-hydrogen) atoms.